The van der Waals surface area contributed by atoms with Gasteiger partial charge in [0, 0.05) is 0 Å². The van der Waals surface area contributed by atoms with Crippen LogP contribution in [0.3, 0.4) is 0 Å². The number of carbonyl (C=O) groups is 2. The van der Waals surface area contributed by atoms with Gasteiger partial charge in [-0.2, -0.15) is 5.10 Å². The van der Waals surface area contributed by atoms with Crippen molar-refractivity contribution in [2.45, 2.75) is 6.92 Å². The van der Waals surface area contributed by atoms with Crippen LogP contribution >= 0.6 is 0 Å². The van der Waals surface area contributed by atoms with Crippen LogP contribution in [0.25, 0.3) is 0 Å². The molecular weight excluding hydrogens is 240 g/mol. The maximum Gasteiger partial charge on any atom is 0.358 e. The molecule has 0 fully saturated rings. The lowest BCUT2D eigenvalue weighted by atomic mass is 10.3. The molecule has 0 unspecified atom stereocenters. The average molecular weight is 250 g/mol. The number of oxazole rings is 1. The van der Waals surface area contributed by atoms with Crippen molar-refractivity contribution in [3.05, 3.63) is 30.2 Å². The molecule has 0 atom stereocenters. The van der Waals surface area contributed by atoms with Gasteiger partial charge in [-0.15, -0.1) is 0 Å². The van der Waals surface area contributed by atoms with Crippen LogP contribution < -0.4 is 5.32 Å². The molecule has 2 rings (SSSR count). The lowest BCUT2D eigenvalue weighted by Gasteiger charge is -2.03. The summed E-state index contributed by atoms with van der Waals surface area (Å²) < 4.78 is 9.49. The summed E-state index contributed by atoms with van der Waals surface area (Å²) in [6.45, 7) is 1.91. The van der Waals surface area contributed by atoms with Gasteiger partial charge in [-0.25, -0.2) is 9.78 Å². The van der Waals surface area contributed by atoms with Crippen LogP contribution in [-0.4, -0.2) is 33.7 Å². The van der Waals surface area contributed by atoms with E-state index in [4.69, 9.17) is 4.74 Å². The quantitative estimate of drug-likeness (QED) is 0.777. The van der Waals surface area contributed by atoms with Gasteiger partial charge in [0.2, 0.25) is 0 Å². The van der Waals surface area contributed by atoms with Crippen LogP contribution in [0.2, 0.25) is 0 Å². The maximum atomic E-state index is 11.7. The van der Waals surface area contributed by atoms with Crippen molar-refractivity contribution < 1.29 is 18.7 Å². The molecule has 0 saturated heterocycles. The Hall–Kier alpha value is -2.64. The molecule has 8 heteroatoms. The zero-order valence-electron chi connectivity index (χ0n) is 9.47. The number of carbonyl (C=O) groups excluding carboxylic acids is 2. The van der Waals surface area contributed by atoms with Gasteiger partial charge in [0.05, 0.1) is 18.5 Å². The van der Waals surface area contributed by atoms with Gasteiger partial charge in [0.25, 0.3) is 5.91 Å². The third-order valence-corrected chi connectivity index (χ3v) is 2.03. The summed E-state index contributed by atoms with van der Waals surface area (Å²) in [6.07, 6.45) is 3.64. The number of hydrogen-bond donors (Lipinski definition) is 2. The molecule has 2 heterocycles. The van der Waals surface area contributed by atoms with Crippen LogP contribution in [-0.2, 0) is 4.74 Å². The van der Waals surface area contributed by atoms with E-state index in [1.165, 1.54) is 12.5 Å². The minimum Gasteiger partial charge on any atom is -0.461 e. The van der Waals surface area contributed by atoms with E-state index in [1.807, 2.05) is 0 Å². The van der Waals surface area contributed by atoms with Crippen molar-refractivity contribution >= 4 is 17.6 Å². The van der Waals surface area contributed by atoms with Gasteiger partial charge in [-0.05, 0) is 6.92 Å². The molecule has 0 spiro atoms. The van der Waals surface area contributed by atoms with Crippen molar-refractivity contribution in [2.24, 2.45) is 0 Å². The van der Waals surface area contributed by atoms with Gasteiger partial charge >= 0.3 is 5.97 Å². The number of amides is 1. The van der Waals surface area contributed by atoms with Crippen LogP contribution in [0.1, 0.15) is 27.9 Å². The van der Waals surface area contributed by atoms with Crippen LogP contribution in [0, 0.1) is 0 Å². The summed E-state index contributed by atoms with van der Waals surface area (Å²) in [6, 6.07) is 0. The molecule has 0 aliphatic heterocycles. The molecule has 0 aliphatic rings. The molecule has 8 nitrogen and oxygen atoms in total. The largest absolute Gasteiger partial charge is 0.461 e. The first-order valence-corrected chi connectivity index (χ1v) is 5.12. The second-order valence-corrected chi connectivity index (χ2v) is 3.21. The molecule has 0 aromatic carbocycles. The molecule has 0 saturated carbocycles. The Bertz CT molecular complexity index is 546. The van der Waals surface area contributed by atoms with Gasteiger partial charge in [-0.1, -0.05) is 0 Å². The summed E-state index contributed by atoms with van der Waals surface area (Å²) >= 11 is 0. The number of nitrogens with one attached hydrogen (secondary N) is 2. The number of rotatable bonds is 4. The highest BCUT2D eigenvalue weighted by molar-refractivity contribution is 6.06. The lowest BCUT2D eigenvalue weighted by molar-refractivity contribution is 0.0520. The highest BCUT2D eigenvalue weighted by Gasteiger charge is 2.18. The van der Waals surface area contributed by atoms with Crippen molar-refractivity contribution in [3.63, 3.8) is 0 Å². The molecule has 18 heavy (non-hydrogen) atoms. The summed E-state index contributed by atoms with van der Waals surface area (Å²) in [5.74, 6) is -1.10. The first kappa shape index (κ1) is 11.8. The number of ether oxygens (including phenoxy) is 1. The standard InChI is InChI=1S/C10H10N4O4/c1-2-18-10(16)8-6(3-12-14-8)13-9(15)7-4-17-5-11-7/h3-5H,2H2,1H3,(H,12,14)(H,13,15). The number of anilines is 1. The van der Waals surface area contributed by atoms with Crippen molar-refractivity contribution in [2.75, 3.05) is 11.9 Å². The number of nitrogens with zero attached hydrogens (tertiary/aromatic N) is 2. The molecule has 94 valence electrons. The van der Waals surface area contributed by atoms with Gasteiger partial charge in [-0.3, -0.25) is 9.89 Å². The molecule has 2 N–H and O–H groups in total. The van der Waals surface area contributed by atoms with E-state index in [0.29, 0.717) is 0 Å². The van der Waals surface area contributed by atoms with E-state index in [1.54, 1.807) is 6.92 Å². The third-order valence-electron chi connectivity index (χ3n) is 2.03. The number of H-pyrrole nitrogens is 1. The fourth-order valence-electron chi connectivity index (χ4n) is 1.25. The van der Waals surface area contributed by atoms with E-state index >= 15 is 0 Å². The monoisotopic (exact) mass is 250 g/mol. The number of esters is 1. The minimum absolute atomic E-state index is 0.0775. The Morgan fingerprint density at radius 1 is 1.56 bits per heavy atom. The molecule has 2 aromatic heterocycles. The third kappa shape index (κ3) is 2.37. The van der Waals surface area contributed by atoms with Crippen LogP contribution in [0.5, 0.6) is 0 Å². The van der Waals surface area contributed by atoms with Crippen LogP contribution in [0.4, 0.5) is 5.69 Å². The van der Waals surface area contributed by atoms with Gasteiger partial charge < -0.3 is 14.5 Å². The maximum absolute atomic E-state index is 11.7. The van der Waals surface area contributed by atoms with Gasteiger partial charge in [0.1, 0.15) is 6.26 Å². The highest BCUT2D eigenvalue weighted by atomic mass is 16.5. The van der Waals surface area contributed by atoms with E-state index in [-0.39, 0.29) is 23.7 Å². The molecular formula is C10H10N4O4. The fourth-order valence-corrected chi connectivity index (χ4v) is 1.25. The van der Waals surface area contributed by atoms with Crippen molar-refractivity contribution in [3.8, 4) is 0 Å². The molecule has 0 radical (unpaired) electrons. The number of aromatic amines is 1. The predicted molar refractivity (Wildman–Crippen MR) is 59.0 cm³/mol. The van der Waals surface area contributed by atoms with E-state index in [0.717, 1.165) is 6.39 Å². The van der Waals surface area contributed by atoms with Gasteiger partial charge in [0.15, 0.2) is 17.8 Å². The lowest BCUT2D eigenvalue weighted by Crippen LogP contribution is -2.15. The fraction of sp³-hybridized carbons (Fsp3) is 0.200. The highest BCUT2D eigenvalue weighted by Crippen LogP contribution is 2.13. The summed E-state index contributed by atoms with van der Waals surface area (Å²) in [5, 5.41) is 8.61. The first-order chi connectivity index (χ1) is 8.72. The SMILES string of the molecule is CCOC(=O)c1[nH]ncc1NC(=O)c1cocn1. The second-order valence-electron chi connectivity index (χ2n) is 3.21. The topological polar surface area (TPSA) is 110 Å². The molecule has 0 aliphatic carbocycles. The Labute approximate surface area is 101 Å². The second kappa shape index (κ2) is 5.13. The Kier molecular flexibility index (Phi) is 3.37. The minimum atomic E-state index is -0.592. The smallest absolute Gasteiger partial charge is 0.358 e. The summed E-state index contributed by atoms with van der Waals surface area (Å²) in [4.78, 5) is 26.9. The Balaban J connectivity index is 2.13. The normalized spacial score (nSPS) is 10.1. The summed E-state index contributed by atoms with van der Waals surface area (Å²) in [7, 11) is 0. The number of aromatic nitrogens is 3. The first-order valence-electron chi connectivity index (χ1n) is 5.12. The van der Waals surface area contributed by atoms with E-state index in [9.17, 15) is 9.59 Å². The van der Waals surface area contributed by atoms with Crippen LogP contribution in [0.15, 0.2) is 23.3 Å². The van der Waals surface area contributed by atoms with E-state index in [2.05, 4.69) is 24.9 Å². The Morgan fingerprint density at radius 2 is 2.39 bits per heavy atom. The molecule has 1 amide bonds. The van der Waals surface area contributed by atoms with Crippen molar-refractivity contribution in [1.82, 2.24) is 15.2 Å². The molecule has 0 bridgehead atoms. The molecule has 2 aromatic rings. The zero-order chi connectivity index (χ0) is 13.0. The van der Waals surface area contributed by atoms with E-state index < -0.39 is 11.9 Å². The predicted octanol–water partition coefficient (Wildman–Crippen LogP) is 0.827. The summed E-state index contributed by atoms with van der Waals surface area (Å²) in [5.41, 5.74) is 0.404. The average Bonchev–Trinajstić information content (AvgIpc) is 2.99. The number of hydrogen-bond acceptors (Lipinski definition) is 6. The van der Waals surface area contributed by atoms with Crippen molar-refractivity contribution in [1.29, 1.82) is 0 Å². The Morgan fingerprint density at radius 3 is 3.06 bits per heavy atom. The zero-order valence-corrected chi connectivity index (χ0v) is 9.47.